The van der Waals surface area contributed by atoms with Crippen LogP contribution in [0, 0.1) is 5.92 Å². The molecule has 1 heterocycles. The number of carbonyl (C=O) groups excluding carboxylic acids is 1. The summed E-state index contributed by atoms with van der Waals surface area (Å²) in [5, 5.41) is 0. The summed E-state index contributed by atoms with van der Waals surface area (Å²) >= 11 is 3.45. The molecule has 1 amide bonds. The maximum atomic E-state index is 13.0. The third kappa shape index (κ3) is 4.61. The Bertz CT molecular complexity index is 789. The number of halogens is 1. The second-order valence-electron chi connectivity index (χ2n) is 6.98. The number of amides is 1. The third-order valence-corrected chi connectivity index (χ3v) is 6.06. The van der Waals surface area contributed by atoms with Gasteiger partial charge in [-0.05, 0) is 70.9 Å². The molecule has 2 aromatic carbocycles. The minimum absolute atomic E-state index is 0.0204. The van der Waals surface area contributed by atoms with Crippen molar-refractivity contribution < 1.29 is 19.0 Å². The lowest BCUT2D eigenvalue weighted by Crippen LogP contribution is -2.38. The van der Waals surface area contributed by atoms with Gasteiger partial charge in [0.25, 0.3) is 5.91 Å². The molecular weight excluding hydrogens is 422 g/mol. The molecule has 0 N–H and O–H groups in total. The molecule has 0 radical (unpaired) electrons. The summed E-state index contributed by atoms with van der Waals surface area (Å²) in [7, 11) is 4.84. The van der Waals surface area contributed by atoms with E-state index < -0.39 is 0 Å². The van der Waals surface area contributed by atoms with Gasteiger partial charge in [0.2, 0.25) is 0 Å². The lowest BCUT2D eigenvalue weighted by Gasteiger charge is -2.32. The van der Waals surface area contributed by atoms with Gasteiger partial charge in [0.15, 0.2) is 0 Å². The highest BCUT2D eigenvalue weighted by Gasteiger charge is 2.25. The van der Waals surface area contributed by atoms with Gasteiger partial charge in [0.05, 0.1) is 21.3 Å². The van der Waals surface area contributed by atoms with Crippen molar-refractivity contribution in [2.45, 2.75) is 19.3 Å². The fourth-order valence-corrected chi connectivity index (χ4v) is 4.16. The number of hydrogen-bond acceptors (Lipinski definition) is 4. The summed E-state index contributed by atoms with van der Waals surface area (Å²) < 4.78 is 16.7. The van der Waals surface area contributed by atoms with Crippen LogP contribution in [-0.4, -0.2) is 45.2 Å². The standard InChI is InChI=1S/C22H26BrNO4/c1-26-18-6-4-15(5-7-18)12-16-8-10-24(11-9-16)22(25)17-13-19(27-2)21(23)20(14-17)28-3/h4-7,13-14,16H,8-12H2,1-3H3. The fourth-order valence-electron chi connectivity index (χ4n) is 3.61. The zero-order chi connectivity index (χ0) is 20.1. The molecule has 3 rings (SSSR count). The van der Waals surface area contributed by atoms with Crippen molar-refractivity contribution in [3.05, 3.63) is 52.0 Å². The SMILES string of the molecule is COc1ccc(CC2CCN(C(=O)c3cc(OC)c(Br)c(OC)c3)CC2)cc1. The highest BCUT2D eigenvalue weighted by Crippen LogP contribution is 2.36. The molecule has 0 spiro atoms. The van der Waals surface area contributed by atoms with Crippen LogP contribution in [0.2, 0.25) is 0 Å². The molecule has 0 aromatic heterocycles. The van der Waals surface area contributed by atoms with E-state index in [1.165, 1.54) is 5.56 Å². The highest BCUT2D eigenvalue weighted by molar-refractivity contribution is 9.10. The van der Waals surface area contributed by atoms with Crippen LogP contribution < -0.4 is 14.2 Å². The minimum atomic E-state index is 0.0204. The van der Waals surface area contributed by atoms with Crippen LogP contribution in [0.15, 0.2) is 40.9 Å². The molecule has 1 fully saturated rings. The zero-order valence-electron chi connectivity index (χ0n) is 16.5. The van der Waals surface area contributed by atoms with E-state index in [4.69, 9.17) is 14.2 Å². The van der Waals surface area contributed by atoms with Crippen molar-refractivity contribution in [3.63, 3.8) is 0 Å². The smallest absolute Gasteiger partial charge is 0.254 e. The van der Waals surface area contributed by atoms with Crippen LogP contribution in [0.5, 0.6) is 17.2 Å². The van der Waals surface area contributed by atoms with E-state index in [1.807, 2.05) is 17.0 Å². The molecule has 1 aliphatic heterocycles. The first-order chi connectivity index (χ1) is 13.5. The summed E-state index contributed by atoms with van der Waals surface area (Å²) in [5.74, 6) is 2.68. The second kappa shape index (κ2) is 9.32. The second-order valence-corrected chi connectivity index (χ2v) is 7.78. The van der Waals surface area contributed by atoms with Crippen LogP contribution >= 0.6 is 15.9 Å². The first-order valence-electron chi connectivity index (χ1n) is 9.39. The van der Waals surface area contributed by atoms with Gasteiger partial charge in [0, 0.05) is 18.7 Å². The quantitative estimate of drug-likeness (QED) is 0.650. The summed E-state index contributed by atoms with van der Waals surface area (Å²) in [6, 6.07) is 11.8. The highest BCUT2D eigenvalue weighted by atomic mass is 79.9. The molecule has 5 nitrogen and oxygen atoms in total. The Hall–Kier alpha value is -2.21. The van der Waals surface area contributed by atoms with Gasteiger partial charge in [-0.2, -0.15) is 0 Å². The van der Waals surface area contributed by atoms with E-state index in [9.17, 15) is 4.79 Å². The summed E-state index contributed by atoms with van der Waals surface area (Å²) in [4.78, 5) is 14.9. The molecule has 2 aromatic rings. The Kier molecular flexibility index (Phi) is 6.83. The molecule has 0 aliphatic carbocycles. The van der Waals surface area contributed by atoms with Gasteiger partial charge in [-0.25, -0.2) is 0 Å². The molecule has 1 aliphatic rings. The monoisotopic (exact) mass is 447 g/mol. The van der Waals surface area contributed by atoms with Crippen LogP contribution in [0.4, 0.5) is 0 Å². The van der Waals surface area contributed by atoms with Gasteiger partial charge in [-0.15, -0.1) is 0 Å². The number of rotatable bonds is 6. The predicted molar refractivity (Wildman–Crippen MR) is 113 cm³/mol. The lowest BCUT2D eigenvalue weighted by molar-refractivity contribution is 0.0689. The summed E-state index contributed by atoms with van der Waals surface area (Å²) in [6.07, 6.45) is 3.04. The maximum Gasteiger partial charge on any atom is 0.254 e. The van der Waals surface area contributed by atoms with Gasteiger partial charge in [-0.1, -0.05) is 12.1 Å². The molecule has 0 unspecified atom stereocenters. The van der Waals surface area contributed by atoms with Crippen molar-refractivity contribution in [1.29, 1.82) is 0 Å². The van der Waals surface area contributed by atoms with Crippen LogP contribution in [0.3, 0.4) is 0 Å². The summed E-state index contributed by atoms with van der Waals surface area (Å²) in [6.45, 7) is 1.53. The molecule has 0 atom stereocenters. The van der Waals surface area contributed by atoms with Crippen molar-refractivity contribution in [3.8, 4) is 17.2 Å². The Morgan fingerprint density at radius 3 is 2.07 bits per heavy atom. The topological polar surface area (TPSA) is 48.0 Å². The number of piperidine rings is 1. The molecule has 0 saturated carbocycles. The predicted octanol–water partition coefficient (Wildman–Crippen LogP) is 4.57. The molecule has 1 saturated heterocycles. The Morgan fingerprint density at radius 2 is 1.57 bits per heavy atom. The average Bonchev–Trinajstić information content (AvgIpc) is 2.74. The number of ether oxygens (including phenoxy) is 3. The van der Waals surface area contributed by atoms with E-state index >= 15 is 0 Å². The van der Waals surface area contributed by atoms with E-state index in [0.717, 1.165) is 38.1 Å². The largest absolute Gasteiger partial charge is 0.497 e. The number of likely N-dealkylation sites (tertiary alicyclic amines) is 1. The molecule has 150 valence electrons. The minimum Gasteiger partial charge on any atom is -0.497 e. The summed E-state index contributed by atoms with van der Waals surface area (Å²) in [5.41, 5.74) is 1.90. The first-order valence-corrected chi connectivity index (χ1v) is 10.2. The lowest BCUT2D eigenvalue weighted by atomic mass is 9.90. The maximum absolute atomic E-state index is 13.0. The van der Waals surface area contributed by atoms with Gasteiger partial charge in [0.1, 0.15) is 21.7 Å². The van der Waals surface area contributed by atoms with Crippen molar-refractivity contribution in [2.75, 3.05) is 34.4 Å². The number of carbonyl (C=O) groups is 1. The molecule has 28 heavy (non-hydrogen) atoms. The zero-order valence-corrected chi connectivity index (χ0v) is 18.1. The Labute approximate surface area is 174 Å². The van der Waals surface area contributed by atoms with Crippen LogP contribution in [0.1, 0.15) is 28.8 Å². The normalized spacial score (nSPS) is 14.6. The van der Waals surface area contributed by atoms with Crippen molar-refractivity contribution in [2.24, 2.45) is 5.92 Å². The number of hydrogen-bond donors (Lipinski definition) is 0. The van der Waals surface area contributed by atoms with Crippen molar-refractivity contribution in [1.82, 2.24) is 4.90 Å². The van der Waals surface area contributed by atoms with Crippen LogP contribution in [0.25, 0.3) is 0 Å². The van der Waals surface area contributed by atoms with Gasteiger partial charge in [-0.3, -0.25) is 4.79 Å². The Balaban J connectivity index is 1.62. The fraction of sp³-hybridized carbons (Fsp3) is 0.409. The number of methoxy groups -OCH3 is 3. The number of benzene rings is 2. The van der Waals surface area contributed by atoms with E-state index in [-0.39, 0.29) is 5.91 Å². The number of nitrogens with zero attached hydrogens (tertiary/aromatic N) is 1. The molecule has 0 bridgehead atoms. The molecule has 6 heteroatoms. The average molecular weight is 448 g/mol. The third-order valence-electron chi connectivity index (χ3n) is 5.28. The van der Waals surface area contributed by atoms with Gasteiger partial charge < -0.3 is 19.1 Å². The van der Waals surface area contributed by atoms with Gasteiger partial charge >= 0.3 is 0 Å². The van der Waals surface area contributed by atoms with E-state index in [2.05, 4.69) is 28.1 Å². The van der Waals surface area contributed by atoms with Crippen LogP contribution in [-0.2, 0) is 6.42 Å². The first kappa shape index (κ1) is 20.5. The Morgan fingerprint density at radius 1 is 1.00 bits per heavy atom. The van der Waals surface area contributed by atoms with E-state index in [0.29, 0.717) is 27.5 Å². The van der Waals surface area contributed by atoms with Crippen molar-refractivity contribution >= 4 is 21.8 Å². The molecular formula is C22H26BrNO4. The van der Waals surface area contributed by atoms with E-state index in [1.54, 1.807) is 33.5 Å².